The van der Waals surface area contributed by atoms with Crippen molar-refractivity contribution in [2.45, 2.75) is 6.54 Å². The molecule has 0 saturated heterocycles. The molecule has 3 N–H and O–H groups in total. The number of esters is 1. The van der Waals surface area contributed by atoms with E-state index in [1.807, 2.05) is 0 Å². The summed E-state index contributed by atoms with van der Waals surface area (Å²) in [6.07, 6.45) is 0. The number of rotatable bonds is 8. The molecule has 0 fully saturated rings. The molecular weight excluding hydrogens is 388 g/mol. The van der Waals surface area contributed by atoms with E-state index in [2.05, 4.69) is 5.32 Å². The van der Waals surface area contributed by atoms with Crippen LogP contribution in [0, 0.1) is 0 Å². The monoisotopic (exact) mass is 408 g/mol. The standard InChI is InChI=1S/C19H21ClN2O6/c1-25-15-8-17(27-3)16(26-2)6-11(15)9-22-18(23)10-28-19(24)13-7-12(20)4-5-14(13)21/h4-8H,9-10,21H2,1-3H3,(H,22,23). The quantitative estimate of drug-likeness (QED) is 0.510. The predicted octanol–water partition coefficient (Wildman–Crippen LogP) is 2.42. The van der Waals surface area contributed by atoms with Crippen molar-refractivity contribution in [3.63, 3.8) is 0 Å². The molecule has 0 aromatic heterocycles. The Bertz CT molecular complexity index is 872. The Kier molecular flexibility index (Phi) is 7.34. The minimum atomic E-state index is -0.737. The number of carbonyl (C=O) groups is 2. The highest BCUT2D eigenvalue weighted by Crippen LogP contribution is 2.34. The first-order chi connectivity index (χ1) is 13.4. The summed E-state index contributed by atoms with van der Waals surface area (Å²) in [5.74, 6) is 0.282. The van der Waals surface area contributed by atoms with E-state index < -0.39 is 18.5 Å². The van der Waals surface area contributed by atoms with Crippen molar-refractivity contribution in [3.05, 3.63) is 46.5 Å². The zero-order valence-electron chi connectivity index (χ0n) is 15.7. The van der Waals surface area contributed by atoms with E-state index in [1.165, 1.54) is 33.5 Å². The molecule has 0 atom stereocenters. The van der Waals surface area contributed by atoms with Gasteiger partial charge in [0.2, 0.25) is 0 Å². The molecule has 9 heteroatoms. The normalized spacial score (nSPS) is 10.1. The number of ether oxygens (including phenoxy) is 4. The van der Waals surface area contributed by atoms with E-state index in [9.17, 15) is 9.59 Å². The summed E-state index contributed by atoms with van der Waals surface area (Å²) >= 11 is 5.84. The molecule has 0 heterocycles. The SMILES string of the molecule is COc1cc(OC)c(OC)cc1CNC(=O)COC(=O)c1cc(Cl)ccc1N. The number of hydrogen-bond donors (Lipinski definition) is 2. The molecular formula is C19H21ClN2O6. The fourth-order valence-corrected chi connectivity index (χ4v) is 2.56. The van der Waals surface area contributed by atoms with Crippen LogP contribution in [-0.2, 0) is 16.1 Å². The molecule has 2 rings (SSSR count). The molecule has 8 nitrogen and oxygen atoms in total. The van der Waals surface area contributed by atoms with E-state index in [1.54, 1.807) is 18.2 Å². The number of halogens is 1. The molecule has 0 bridgehead atoms. The summed E-state index contributed by atoms with van der Waals surface area (Å²) in [5, 5.41) is 2.98. The summed E-state index contributed by atoms with van der Waals surface area (Å²) in [7, 11) is 4.52. The number of amides is 1. The summed E-state index contributed by atoms with van der Waals surface area (Å²) < 4.78 is 20.7. The number of anilines is 1. The number of nitrogens with one attached hydrogen (secondary N) is 1. The van der Waals surface area contributed by atoms with E-state index in [0.29, 0.717) is 27.8 Å². The lowest BCUT2D eigenvalue weighted by atomic mass is 10.1. The summed E-state index contributed by atoms with van der Waals surface area (Å²) in [5.41, 5.74) is 6.70. The Morgan fingerprint density at radius 3 is 2.29 bits per heavy atom. The maximum atomic E-state index is 12.1. The maximum absolute atomic E-state index is 12.1. The fraction of sp³-hybridized carbons (Fsp3) is 0.263. The van der Waals surface area contributed by atoms with E-state index in [-0.39, 0.29) is 17.8 Å². The van der Waals surface area contributed by atoms with Crippen LogP contribution in [0.25, 0.3) is 0 Å². The van der Waals surface area contributed by atoms with Crippen LogP contribution in [-0.4, -0.2) is 39.8 Å². The van der Waals surface area contributed by atoms with E-state index in [0.717, 1.165) is 0 Å². The number of methoxy groups -OCH3 is 3. The highest BCUT2D eigenvalue weighted by Gasteiger charge is 2.15. The van der Waals surface area contributed by atoms with Crippen molar-refractivity contribution < 1.29 is 28.5 Å². The minimum Gasteiger partial charge on any atom is -0.496 e. The van der Waals surface area contributed by atoms with Crippen LogP contribution in [0.2, 0.25) is 5.02 Å². The topological polar surface area (TPSA) is 109 Å². The lowest BCUT2D eigenvalue weighted by molar-refractivity contribution is -0.124. The average molecular weight is 409 g/mol. The molecule has 0 spiro atoms. The van der Waals surface area contributed by atoms with E-state index >= 15 is 0 Å². The van der Waals surface area contributed by atoms with Gasteiger partial charge in [-0.25, -0.2) is 4.79 Å². The Balaban J connectivity index is 1.97. The van der Waals surface area contributed by atoms with Crippen LogP contribution in [0.15, 0.2) is 30.3 Å². The van der Waals surface area contributed by atoms with Crippen LogP contribution < -0.4 is 25.3 Å². The molecule has 2 aromatic carbocycles. The third kappa shape index (κ3) is 5.20. The Morgan fingerprint density at radius 2 is 1.64 bits per heavy atom. The van der Waals surface area contributed by atoms with Crippen molar-refractivity contribution in [1.82, 2.24) is 5.32 Å². The van der Waals surface area contributed by atoms with Gasteiger partial charge in [0, 0.05) is 28.9 Å². The molecule has 0 aliphatic carbocycles. The van der Waals surface area contributed by atoms with Crippen LogP contribution in [0.3, 0.4) is 0 Å². The van der Waals surface area contributed by atoms with Crippen molar-refractivity contribution in [1.29, 1.82) is 0 Å². The number of hydrogen-bond acceptors (Lipinski definition) is 7. The summed E-state index contributed by atoms with van der Waals surface area (Å²) in [6.45, 7) is -0.334. The lowest BCUT2D eigenvalue weighted by Crippen LogP contribution is -2.28. The Hall–Kier alpha value is -3.13. The van der Waals surface area contributed by atoms with Crippen LogP contribution >= 0.6 is 11.6 Å². The van der Waals surface area contributed by atoms with Gasteiger partial charge in [0.05, 0.1) is 26.9 Å². The van der Waals surface area contributed by atoms with Gasteiger partial charge in [-0.2, -0.15) is 0 Å². The molecule has 0 radical (unpaired) electrons. The molecule has 0 unspecified atom stereocenters. The molecule has 1 amide bonds. The van der Waals surface area contributed by atoms with Crippen LogP contribution in [0.4, 0.5) is 5.69 Å². The summed E-state index contributed by atoms with van der Waals surface area (Å²) in [6, 6.07) is 7.77. The van der Waals surface area contributed by atoms with Crippen molar-refractivity contribution in [2.24, 2.45) is 0 Å². The molecule has 0 aliphatic heterocycles. The van der Waals surface area contributed by atoms with Gasteiger partial charge in [-0.15, -0.1) is 0 Å². The number of nitrogens with two attached hydrogens (primary N) is 1. The van der Waals surface area contributed by atoms with Gasteiger partial charge >= 0.3 is 5.97 Å². The van der Waals surface area contributed by atoms with Crippen molar-refractivity contribution in [2.75, 3.05) is 33.7 Å². The second kappa shape index (κ2) is 9.70. The van der Waals surface area contributed by atoms with Gasteiger partial charge < -0.3 is 30.0 Å². The highest BCUT2D eigenvalue weighted by atomic mass is 35.5. The Morgan fingerprint density at radius 1 is 1.00 bits per heavy atom. The van der Waals surface area contributed by atoms with Gasteiger partial charge in [-0.1, -0.05) is 11.6 Å². The first-order valence-corrected chi connectivity index (χ1v) is 8.55. The summed E-state index contributed by atoms with van der Waals surface area (Å²) in [4.78, 5) is 24.1. The second-order valence-corrected chi connectivity index (χ2v) is 6.04. The number of carbonyl (C=O) groups excluding carboxylic acids is 2. The van der Waals surface area contributed by atoms with Gasteiger partial charge in [-0.05, 0) is 24.3 Å². The Labute approximate surface area is 167 Å². The number of nitrogen functional groups attached to an aromatic ring is 1. The second-order valence-electron chi connectivity index (χ2n) is 5.60. The third-order valence-corrected chi connectivity index (χ3v) is 4.07. The lowest BCUT2D eigenvalue weighted by Gasteiger charge is -2.14. The molecule has 28 heavy (non-hydrogen) atoms. The van der Waals surface area contributed by atoms with E-state index in [4.69, 9.17) is 36.3 Å². The van der Waals surface area contributed by atoms with Crippen LogP contribution in [0.1, 0.15) is 15.9 Å². The maximum Gasteiger partial charge on any atom is 0.340 e. The van der Waals surface area contributed by atoms with Gasteiger partial charge in [0.25, 0.3) is 5.91 Å². The molecule has 2 aromatic rings. The van der Waals surface area contributed by atoms with Gasteiger partial charge in [0.1, 0.15) is 5.75 Å². The first-order valence-electron chi connectivity index (χ1n) is 8.17. The zero-order valence-corrected chi connectivity index (χ0v) is 16.5. The smallest absolute Gasteiger partial charge is 0.340 e. The van der Waals surface area contributed by atoms with Crippen LogP contribution in [0.5, 0.6) is 17.2 Å². The fourth-order valence-electron chi connectivity index (χ4n) is 2.39. The highest BCUT2D eigenvalue weighted by molar-refractivity contribution is 6.31. The molecule has 0 aliphatic rings. The minimum absolute atomic E-state index is 0.0989. The zero-order chi connectivity index (χ0) is 20.7. The van der Waals surface area contributed by atoms with Crippen molar-refractivity contribution >= 4 is 29.2 Å². The van der Waals surface area contributed by atoms with Gasteiger partial charge in [0.15, 0.2) is 18.1 Å². The first kappa shape index (κ1) is 21.2. The van der Waals surface area contributed by atoms with Crippen molar-refractivity contribution in [3.8, 4) is 17.2 Å². The molecule has 0 saturated carbocycles. The third-order valence-electron chi connectivity index (χ3n) is 3.83. The molecule has 150 valence electrons. The number of benzene rings is 2. The van der Waals surface area contributed by atoms with Gasteiger partial charge in [-0.3, -0.25) is 4.79 Å². The predicted molar refractivity (Wildman–Crippen MR) is 104 cm³/mol. The largest absolute Gasteiger partial charge is 0.496 e. The average Bonchev–Trinajstić information content (AvgIpc) is 2.71.